The standard InChI is InChI=1S/C66H45NO/c1-3-17-49(18-4-1)59-24-9-11-26-61(59)62-27-12-10-25-60(62)50-36-42-58(43-37-50)67(57-40-34-48(35-41-57)54-31-30-46-16-7-8-21-52(46)44-54)56-38-32-47(33-39-56)53-22-15-23-55(45-53)66-65(51-19-5-2-6-20-51)63-28-13-14-29-64(63)68-66/h1-45H. The lowest BCUT2D eigenvalue weighted by molar-refractivity contribution is 0.632. The Morgan fingerprint density at radius 2 is 0.676 bits per heavy atom. The van der Waals surface area contributed by atoms with Gasteiger partial charge in [-0.1, -0.05) is 218 Å². The molecule has 0 radical (unpaired) electrons. The van der Waals surface area contributed by atoms with Crippen molar-refractivity contribution in [1.29, 1.82) is 0 Å². The minimum absolute atomic E-state index is 0.876. The highest BCUT2D eigenvalue weighted by Gasteiger charge is 2.19. The van der Waals surface area contributed by atoms with E-state index in [1.54, 1.807) is 0 Å². The topological polar surface area (TPSA) is 16.4 Å². The summed E-state index contributed by atoms with van der Waals surface area (Å²) in [7, 11) is 0. The summed E-state index contributed by atoms with van der Waals surface area (Å²) in [5.41, 5.74) is 19.2. The van der Waals surface area contributed by atoms with Crippen LogP contribution >= 0.6 is 0 Å². The van der Waals surface area contributed by atoms with Gasteiger partial charge in [-0.25, -0.2) is 0 Å². The van der Waals surface area contributed by atoms with Crippen LogP contribution in [0.3, 0.4) is 0 Å². The Hall–Kier alpha value is -8.98. The zero-order valence-electron chi connectivity index (χ0n) is 37.3. The fourth-order valence-electron chi connectivity index (χ4n) is 9.75. The fourth-order valence-corrected chi connectivity index (χ4v) is 9.75. The lowest BCUT2D eigenvalue weighted by Gasteiger charge is -2.26. The van der Waals surface area contributed by atoms with Crippen molar-refractivity contribution in [1.82, 2.24) is 0 Å². The van der Waals surface area contributed by atoms with Gasteiger partial charge in [0.25, 0.3) is 0 Å². The maximum absolute atomic E-state index is 6.62. The first-order valence-corrected chi connectivity index (χ1v) is 23.2. The van der Waals surface area contributed by atoms with E-state index in [4.69, 9.17) is 4.42 Å². The van der Waals surface area contributed by atoms with Crippen molar-refractivity contribution in [3.63, 3.8) is 0 Å². The van der Waals surface area contributed by atoms with Crippen LogP contribution in [0.15, 0.2) is 277 Å². The maximum atomic E-state index is 6.62. The Morgan fingerprint density at radius 1 is 0.250 bits per heavy atom. The molecule has 320 valence electrons. The largest absolute Gasteiger partial charge is 0.455 e. The predicted octanol–water partition coefficient (Wildman–Crippen LogP) is 18.7. The summed E-state index contributed by atoms with van der Waals surface area (Å²) >= 11 is 0. The van der Waals surface area contributed by atoms with Crippen LogP contribution in [0.2, 0.25) is 0 Å². The molecule has 0 atom stereocenters. The van der Waals surface area contributed by atoms with Gasteiger partial charge >= 0.3 is 0 Å². The number of hydrogen-bond donors (Lipinski definition) is 0. The van der Waals surface area contributed by atoms with Crippen molar-refractivity contribution in [3.05, 3.63) is 273 Å². The van der Waals surface area contributed by atoms with Gasteiger partial charge in [0.15, 0.2) is 0 Å². The molecule has 0 spiro atoms. The van der Waals surface area contributed by atoms with E-state index in [1.807, 2.05) is 6.07 Å². The van der Waals surface area contributed by atoms with Crippen molar-refractivity contribution in [2.24, 2.45) is 0 Å². The molecule has 1 heterocycles. The molecule has 12 rings (SSSR count). The summed E-state index contributed by atoms with van der Waals surface area (Å²) in [6.45, 7) is 0. The van der Waals surface area contributed by atoms with Gasteiger partial charge < -0.3 is 9.32 Å². The second-order valence-corrected chi connectivity index (χ2v) is 17.2. The summed E-state index contributed by atoms with van der Waals surface area (Å²) in [5.74, 6) is 0.876. The molecule has 0 fully saturated rings. The van der Waals surface area contributed by atoms with Crippen LogP contribution in [-0.4, -0.2) is 0 Å². The van der Waals surface area contributed by atoms with Crippen LogP contribution in [0.1, 0.15) is 0 Å². The van der Waals surface area contributed by atoms with E-state index in [0.29, 0.717) is 0 Å². The van der Waals surface area contributed by atoms with Crippen LogP contribution < -0.4 is 4.90 Å². The maximum Gasteiger partial charge on any atom is 0.143 e. The van der Waals surface area contributed by atoms with Gasteiger partial charge in [-0.2, -0.15) is 0 Å². The van der Waals surface area contributed by atoms with Crippen LogP contribution in [0, 0.1) is 0 Å². The first-order chi connectivity index (χ1) is 33.7. The van der Waals surface area contributed by atoms with E-state index in [1.165, 1.54) is 49.7 Å². The van der Waals surface area contributed by atoms with Crippen LogP contribution in [0.25, 0.3) is 99.8 Å². The third kappa shape index (κ3) is 7.74. The first-order valence-electron chi connectivity index (χ1n) is 23.2. The predicted molar refractivity (Wildman–Crippen MR) is 286 cm³/mol. The molecule has 0 saturated heterocycles. The lowest BCUT2D eigenvalue weighted by Crippen LogP contribution is -2.09. The zero-order chi connectivity index (χ0) is 45.2. The number of benzene rings is 11. The molecule has 2 nitrogen and oxygen atoms in total. The number of fused-ring (bicyclic) bond motifs is 2. The molecule has 0 bridgehead atoms. The average molecular weight is 868 g/mol. The van der Waals surface area contributed by atoms with Gasteiger partial charge in [-0.15, -0.1) is 0 Å². The van der Waals surface area contributed by atoms with Crippen molar-refractivity contribution >= 4 is 38.8 Å². The van der Waals surface area contributed by atoms with E-state index in [0.717, 1.165) is 67.2 Å². The molecular weight excluding hydrogens is 823 g/mol. The number of anilines is 3. The number of rotatable bonds is 10. The molecule has 1 aromatic heterocycles. The molecule has 0 aliphatic heterocycles. The molecule has 12 aromatic rings. The van der Waals surface area contributed by atoms with E-state index in [9.17, 15) is 0 Å². The fraction of sp³-hybridized carbons (Fsp3) is 0. The smallest absolute Gasteiger partial charge is 0.143 e. The number of para-hydroxylation sites is 1. The zero-order valence-corrected chi connectivity index (χ0v) is 37.3. The Morgan fingerprint density at radius 3 is 1.29 bits per heavy atom. The normalized spacial score (nSPS) is 11.2. The Labute approximate surface area is 397 Å². The minimum Gasteiger partial charge on any atom is -0.455 e. The molecule has 2 heteroatoms. The Balaban J connectivity index is 0.914. The molecule has 68 heavy (non-hydrogen) atoms. The summed E-state index contributed by atoms with van der Waals surface area (Å²) in [4.78, 5) is 2.35. The second kappa shape index (κ2) is 17.8. The molecule has 0 aliphatic carbocycles. The number of furan rings is 1. The molecule has 0 saturated carbocycles. The quantitative estimate of drug-likeness (QED) is 0.136. The van der Waals surface area contributed by atoms with Crippen molar-refractivity contribution in [3.8, 4) is 78.1 Å². The van der Waals surface area contributed by atoms with Crippen molar-refractivity contribution < 1.29 is 4.42 Å². The summed E-state index contributed by atoms with van der Waals surface area (Å²) in [6.07, 6.45) is 0. The van der Waals surface area contributed by atoms with Gasteiger partial charge in [0, 0.05) is 33.6 Å². The summed E-state index contributed by atoms with van der Waals surface area (Å²) in [5, 5.41) is 3.59. The van der Waals surface area contributed by atoms with E-state index in [2.05, 4.69) is 272 Å². The highest BCUT2D eigenvalue weighted by molar-refractivity contribution is 6.02. The Kier molecular flexibility index (Phi) is 10.6. The SMILES string of the molecule is c1ccc(-c2ccccc2-c2ccccc2-c2ccc(N(c3ccc(-c4cccc(-c5oc6ccccc6c5-c5ccccc5)c4)cc3)c3ccc(-c4ccc5ccccc5c4)cc3)cc2)cc1. The third-order valence-corrected chi connectivity index (χ3v) is 13.1. The number of nitrogens with zero attached hydrogens (tertiary/aromatic N) is 1. The van der Waals surface area contributed by atoms with E-state index < -0.39 is 0 Å². The third-order valence-electron chi connectivity index (χ3n) is 13.1. The van der Waals surface area contributed by atoms with Gasteiger partial charge in [-0.05, 0) is 127 Å². The second-order valence-electron chi connectivity index (χ2n) is 17.2. The average Bonchev–Trinajstić information content (AvgIpc) is 3.82. The molecule has 11 aromatic carbocycles. The van der Waals surface area contributed by atoms with Gasteiger partial charge in [-0.3, -0.25) is 0 Å². The van der Waals surface area contributed by atoms with Crippen molar-refractivity contribution in [2.75, 3.05) is 4.90 Å². The van der Waals surface area contributed by atoms with Crippen molar-refractivity contribution in [2.45, 2.75) is 0 Å². The van der Waals surface area contributed by atoms with E-state index in [-0.39, 0.29) is 0 Å². The van der Waals surface area contributed by atoms with Gasteiger partial charge in [0.05, 0.1) is 0 Å². The highest BCUT2D eigenvalue weighted by atomic mass is 16.3. The molecule has 0 amide bonds. The lowest BCUT2D eigenvalue weighted by atomic mass is 9.89. The minimum atomic E-state index is 0.876. The molecule has 0 unspecified atom stereocenters. The van der Waals surface area contributed by atoms with Gasteiger partial charge in [0.1, 0.15) is 11.3 Å². The monoisotopic (exact) mass is 867 g/mol. The molecule has 0 N–H and O–H groups in total. The van der Waals surface area contributed by atoms with Crippen LogP contribution in [0.4, 0.5) is 17.1 Å². The van der Waals surface area contributed by atoms with Crippen LogP contribution in [0.5, 0.6) is 0 Å². The summed E-state index contributed by atoms with van der Waals surface area (Å²) < 4.78 is 6.62. The first kappa shape index (κ1) is 40.5. The Bertz CT molecular complexity index is 3700. The highest BCUT2D eigenvalue weighted by Crippen LogP contribution is 2.44. The number of hydrogen-bond acceptors (Lipinski definition) is 2. The molecular formula is C66H45NO. The van der Waals surface area contributed by atoms with E-state index >= 15 is 0 Å². The van der Waals surface area contributed by atoms with Crippen LogP contribution in [-0.2, 0) is 0 Å². The summed E-state index contributed by atoms with van der Waals surface area (Å²) in [6, 6.07) is 97.9. The molecule has 0 aliphatic rings. The van der Waals surface area contributed by atoms with Gasteiger partial charge in [0.2, 0.25) is 0 Å².